The summed E-state index contributed by atoms with van der Waals surface area (Å²) in [5, 5.41) is 0. The Kier molecular flexibility index (Phi) is 3.25. The van der Waals surface area contributed by atoms with Crippen LogP contribution >= 0.6 is 0 Å². The zero-order valence-electron chi connectivity index (χ0n) is 9.56. The average molecular weight is 217 g/mol. The molecule has 84 valence electrons. The lowest BCUT2D eigenvalue weighted by molar-refractivity contribution is 0.408. The molecule has 0 aliphatic rings. The Morgan fingerprint density at radius 1 is 1.25 bits per heavy atom. The predicted octanol–water partition coefficient (Wildman–Crippen LogP) is 2.78. The number of hydrogen-bond donors (Lipinski definition) is 0. The standard InChI is InChI=1S/C13H15NO2/c1-10-9-14-13(16-10)8-7-11-5-3-4-6-12(11)15-2/h3-6,9H,7-8H2,1-2H3. The summed E-state index contributed by atoms with van der Waals surface area (Å²) >= 11 is 0. The van der Waals surface area contributed by atoms with Crippen molar-refractivity contribution >= 4 is 0 Å². The second-order valence-electron chi connectivity index (χ2n) is 3.68. The van der Waals surface area contributed by atoms with Gasteiger partial charge >= 0.3 is 0 Å². The van der Waals surface area contributed by atoms with Gasteiger partial charge in [-0.3, -0.25) is 0 Å². The Hall–Kier alpha value is -1.77. The molecule has 1 aromatic heterocycles. The largest absolute Gasteiger partial charge is 0.496 e. The van der Waals surface area contributed by atoms with Crippen LogP contribution < -0.4 is 4.74 Å². The number of rotatable bonds is 4. The number of aromatic nitrogens is 1. The van der Waals surface area contributed by atoms with Crippen LogP contribution in [0, 0.1) is 6.92 Å². The number of hydrogen-bond acceptors (Lipinski definition) is 3. The zero-order valence-corrected chi connectivity index (χ0v) is 9.56. The topological polar surface area (TPSA) is 35.3 Å². The van der Waals surface area contributed by atoms with E-state index in [1.165, 1.54) is 5.56 Å². The van der Waals surface area contributed by atoms with Crippen LogP contribution in [-0.2, 0) is 12.8 Å². The van der Waals surface area contributed by atoms with Crippen molar-refractivity contribution in [2.45, 2.75) is 19.8 Å². The summed E-state index contributed by atoms with van der Waals surface area (Å²) in [4.78, 5) is 4.18. The van der Waals surface area contributed by atoms with E-state index < -0.39 is 0 Å². The van der Waals surface area contributed by atoms with Crippen LogP contribution in [-0.4, -0.2) is 12.1 Å². The van der Waals surface area contributed by atoms with Gasteiger partial charge in [-0.1, -0.05) is 18.2 Å². The summed E-state index contributed by atoms with van der Waals surface area (Å²) in [7, 11) is 1.69. The minimum absolute atomic E-state index is 0.781. The van der Waals surface area contributed by atoms with Crippen LogP contribution in [0.1, 0.15) is 17.2 Å². The van der Waals surface area contributed by atoms with Gasteiger partial charge in [-0.15, -0.1) is 0 Å². The van der Waals surface area contributed by atoms with Gasteiger partial charge in [-0.25, -0.2) is 4.98 Å². The summed E-state index contributed by atoms with van der Waals surface area (Å²) in [6, 6.07) is 8.01. The van der Waals surface area contributed by atoms with Crippen LogP contribution in [0.15, 0.2) is 34.9 Å². The fraction of sp³-hybridized carbons (Fsp3) is 0.308. The first-order valence-electron chi connectivity index (χ1n) is 5.33. The third-order valence-corrected chi connectivity index (χ3v) is 2.47. The third-order valence-electron chi connectivity index (χ3n) is 2.47. The van der Waals surface area contributed by atoms with Crippen molar-refractivity contribution in [1.82, 2.24) is 4.98 Å². The maximum Gasteiger partial charge on any atom is 0.194 e. The van der Waals surface area contributed by atoms with Crippen LogP contribution in [0.5, 0.6) is 5.75 Å². The zero-order chi connectivity index (χ0) is 11.4. The number of aryl methyl sites for hydroxylation is 3. The molecule has 0 aliphatic carbocycles. The molecule has 1 heterocycles. The fourth-order valence-corrected chi connectivity index (χ4v) is 1.67. The molecule has 0 atom stereocenters. The second-order valence-corrected chi connectivity index (χ2v) is 3.68. The molecule has 0 aliphatic heterocycles. The second kappa shape index (κ2) is 4.84. The Morgan fingerprint density at radius 2 is 2.06 bits per heavy atom. The molecule has 0 saturated carbocycles. The normalized spacial score (nSPS) is 10.4. The Morgan fingerprint density at radius 3 is 2.75 bits per heavy atom. The molecule has 2 aromatic rings. The van der Waals surface area contributed by atoms with Gasteiger partial charge in [0, 0.05) is 6.42 Å². The van der Waals surface area contributed by atoms with E-state index in [0.717, 1.165) is 30.2 Å². The van der Waals surface area contributed by atoms with Gasteiger partial charge in [0.05, 0.1) is 13.3 Å². The van der Waals surface area contributed by atoms with Crippen molar-refractivity contribution in [3.05, 3.63) is 47.7 Å². The molecule has 3 nitrogen and oxygen atoms in total. The van der Waals surface area contributed by atoms with Gasteiger partial charge in [0.15, 0.2) is 5.89 Å². The summed E-state index contributed by atoms with van der Waals surface area (Å²) in [6.07, 6.45) is 3.43. The minimum Gasteiger partial charge on any atom is -0.496 e. The number of nitrogens with zero attached hydrogens (tertiary/aromatic N) is 1. The molecule has 0 saturated heterocycles. The fourth-order valence-electron chi connectivity index (χ4n) is 1.67. The smallest absolute Gasteiger partial charge is 0.194 e. The third kappa shape index (κ3) is 2.42. The first-order chi connectivity index (χ1) is 7.79. The minimum atomic E-state index is 0.781. The van der Waals surface area contributed by atoms with E-state index in [0.29, 0.717) is 0 Å². The summed E-state index contributed by atoms with van der Waals surface area (Å²) in [5.41, 5.74) is 1.18. The molecule has 0 N–H and O–H groups in total. The number of oxazole rings is 1. The van der Waals surface area contributed by atoms with Crippen molar-refractivity contribution in [3.63, 3.8) is 0 Å². The molecule has 0 unspecified atom stereocenters. The number of benzene rings is 1. The molecule has 0 spiro atoms. The molecular formula is C13H15NO2. The van der Waals surface area contributed by atoms with Crippen molar-refractivity contribution in [2.75, 3.05) is 7.11 Å². The van der Waals surface area contributed by atoms with E-state index in [4.69, 9.17) is 9.15 Å². The van der Waals surface area contributed by atoms with Gasteiger partial charge in [0.1, 0.15) is 11.5 Å². The number of methoxy groups -OCH3 is 1. The molecule has 0 fully saturated rings. The van der Waals surface area contributed by atoms with Crippen LogP contribution in [0.3, 0.4) is 0 Å². The van der Waals surface area contributed by atoms with E-state index in [1.54, 1.807) is 13.3 Å². The van der Waals surface area contributed by atoms with E-state index >= 15 is 0 Å². The Labute approximate surface area is 95.1 Å². The van der Waals surface area contributed by atoms with E-state index in [2.05, 4.69) is 11.1 Å². The molecule has 0 radical (unpaired) electrons. The van der Waals surface area contributed by atoms with E-state index in [1.807, 2.05) is 25.1 Å². The summed E-state index contributed by atoms with van der Waals surface area (Å²) in [6.45, 7) is 1.90. The lowest BCUT2D eigenvalue weighted by Gasteiger charge is -2.06. The van der Waals surface area contributed by atoms with E-state index in [9.17, 15) is 0 Å². The van der Waals surface area contributed by atoms with Crippen molar-refractivity contribution in [1.29, 1.82) is 0 Å². The highest BCUT2D eigenvalue weighted by Crippen LogP contribution is 2.19. The molecule has 16 heavy (non-hydrogen) atoms. The van der Waals surface area contributed by atoms with Gasteiger partial charge in [-0.05, 0) is 25.0 Å². The van der Waals surface area contributed by atoms with Crippen LogP contribution in [0.4, 0.5) is 0 Å². The average Bonchev–Trinajstić information content (AvgIpc) is 2.73. The summed E-state index contributed by atoms with van der Waals surface area (Å²) in [5.74, 6) is 2.56. The monoisotopic (exact) mass is 217 g/mol. The maximum atomic E-state index is 5.43. The first kappa shape index (κ1) is 10.7. The van der Waals surface area contributed by atoms with Crippen molar-refractivity contribution < 1.29 is 9.15 Å². The molecular weight excluding hydrogens is 202 g/mol. The number of ether oxygens (including phenoxy) is 1. The number of para-hydroxylation sites is 1. The Balaban J connectivity index is 2.04. The van der Waals surface area contributed by atoms with Crippen molar-refractivity contribution in [2.24, 2.45) is 0 Å². The molecule has 0 amide bonds. The molecule has 0 bridgehead atoms. The maximum absolute atomic E-state index is 5.43. The highest BCUT2D eigenvalue weighted by Gasteiger charge is 2.05. The lowest BCUT2D eigenvalue weighted by atomic mass is 10.1. The highest BCUT2D eigenvalue weighted by molar-refractivity contribution is 5.33. The molecule has 2 rings (SSSR count). The Bertz CT molecular complexity index is 462. The first-order valence-corrected chi connectivity index (χ1v) is 5.33. The van der Waals surface area contributed by atoms with Gasteiger partial charge < -0.3 is 9.15 Å². The van der Waals surface area contributed by atoms with E-state index in [-0.39, 0.29) is 0 Å². The predicted molar refractivity (Wildman–Crippen MR) is 61.6 cm³/mol. The molecule has 3 heteroatoms. The SMILES string of the molecule is COc1ccccc1CCc1ncc(C)o1. The van der Waals surface area contributed by atoms with Gasteiger partial charge in [0.2, 0.25) is 0 Å². The van der Waals surface area contributed by atoms with Gasteiger partial charge in [-0.2, -0.15) is 0 Å². The quantitative estimate of drug-likeness (QED) is 0.790. The highest BCUT2D eigenvalue weighted by atomic mass is 16.5. The summed E-state index contributed by atoms with van der Waals surface area (Å²) < 4.78 is 10.7. The molecule has 1 aromatic carbocycles. The van der Waals surface area contributed by atoms with Gasteiger partial charge in [0.25, 0.3) is 0 Å². The lowest BCUT2D eigenvalue weighted by Crippen LogP contribution is -1.95. The van der Waals surface area contributed by atoms with Crippen LogP contribution in [0.25, 0.3) is 0 Å². The van der Waals surface area contributed by atoms with Crippen molar-refractivity contribution in [3.8, 4) is 5.75 Å². The van der Waals surface area contributed by atoms with Crippen LogP contribution in [0.2, 0.25) is 0 Å².